The van der Waals surface area contributed by atoms with Crippen LogP contribution in [-0.4, -0.2) is 37.2 Å². The van der Waals surface area contributed by atoms with E-state index < -0.39 is 0 Å². The number of rotatable bonds is 7. The molecule has 0 amide bonds. The summed E-state index contributed by atoms with van der Waals surface area (Å²) in [5.41, 5.74) is 0.648. The van der Waals surface area contributed by atoms with Gasteiger partial charge in [-0.05, 0) is 43.8 Å². The third kappa shape index (κ3) is 8.51. The number of Topliss-reactive ketones (excluding diaryl/α,β-unsaturated/α-hetero) is 1. The fraction of sp³-hybridized carbons (Fsp3) is 0.238. The zero-order valence-electron chi connectivity index (χ0n) is 15.0. The van der Waals surface area contributed by atoms with Crippen molar-refractivity contribution in [3.63, 3.8) is 0 Å². The average molecular weight is 338 g/mol. The molecule has 1 aliphatic rings. The molecular weight excluding hydrogens is 312 g/mol. The van der Waals surface area contributed by atoms with Crippen molar-refractivity contribution in [2.24, 2.45) is 4.99 Å². The van der Waals surface area contributed by atoms with Gasteiger partial charge in [0.2, 0.25) is 0 Å². The zero-order chi connectivity index (χ0) is 18.3. The summed E-state index contributed by atoms with van der Waals surface area (Å²) in [4.78, 5) is 17.5. The van der Waals surface area contributed by atoms with E-state index in [-0.39, 0.29) is 12.3 Å². The molecule has 0 N–H and O–H groups in total. The Morgan fingerprint density at radius 3 is 2.36 bits per heavy atom. The van der Waals surface area contributed by atoms with Crippen LogP contribution in [0.5, 0.6) is 5.75 Å². The summed E-state index contributed by atoms with van der Waals surface area (Å²) in [6.07, 6.45) is 16.6. The van der Waals surface area contributed by atoms with Crippen LogP contribution in [0.4, 0.5) is 0 Å². The minimum atomic E-state index is 0.0119. The predicted molar refractivity (Wildman–Crippen MR) is 105 cm³/mol. The molecule has 0 aromatic heterocycles. The molecule has 2 rings (SSSR count). The minimum Gasteiger partial charge on any atom is -0.494 e. The van der Waals surface area contributed by atoms with E-state index in [1.165, 1.54) is 0 Å². The molecule has 0 atom stereocenters. The highest BCUT2D eigenvalue weighted by Gasteiger charge is 2.08. The van der Waals surface area contributed by atoms with Gasteiger partial charge >= 0.3 is 0 Å². The van der Waals surface area contributed by atoms with Crippen molar-refractivity contribution in [1.29, 1.82) is 0 Å². The van der Waals surface area contributed by atoms with Crippen molar-refractivity contribution in [2.45, 2.75) is 13.3 Å². The molecule has 0 fully saturated rings. The molecule has 1 aliphatic carbocycles. The number of aliphatic imine (C=N–C) groups is 1. The summed E-state index contributed by atoms with van der Waals surface area (Å²) in [5, 5.41) is 0. The van der Waals surface area contributed by atoms with Gasteiger partial charge in [-0.1, -0.05) is 43.0 Å². The van der Waals surface area contributed by atoms with E-state index in [9.17, 15) is 4.79 Å². The number of ether oxygens (including phenoxy) is 1. The Labute approximate surface area is 150 Å². The Bertz CT molecular complexity index is 626. The molecule has 25 heavy (non-hydrogen) atoms. The van der Waals surface area contributed by atoms with E-state index in [2.05, 4.69) is 35.9 Å². The Morgan fingerprint density at radius 2 is 1.84 bits per heavy atom. The quantitative estimate of drug-likeness (QED) is 0.419. The van der Waals surface area contributed by atoms with Crippen LogP contribution in [0.15, 0.2) is 78.5 Å². The predicted octanol–water partition coefficient (Wildman–Crippen LogP) is 4.43. The SMILES string of the molecule is C1=CC=CCC=C1.C=CN(C=NC)CC(=O)c1ccc(OCC)cc1. The Balaban J connectivity index is 0.000000370. The van der Waals surface area contributed by atoms with Crippen molar-refractivity contribution in [2.75, 3.05) is 20.2 Å². The summed E-state index contributed by atoms with van der Waals surface area (Å²) in [5.74, 6) is 0.780. The summed E-state index contributed by atoms with van der Waals surface area (Å²) in [6, 6.07) is 7.11. The molecule has 0 unspecified atom stereocenters. The number of nitrogens with zero attached hydrogens (tertiary/aromatic N) is 2. The molecule has 4 nitrogen and oxygen atoms in total. The second-order valence-electron chi connectivity index (χ2n) is 5.09. The molecule has 0 bridgehead atoms. The van der Waals surface area contributed by atoms with E-state index in [0.717, 1.165) is 12.2 Å². The maximum Gasteiger partial charge on any atom is 0.182 e. The largest absolute Gasteiger partial charge is 0.494 e. The van der Waals surface area contributed by atoms with E-state index in [1.54, 1.807) is 48.8 Å². The van der Waals surface area contributed by atoms with E-state index in [4.69, 9.17) is 4.74 Å². The first-order valence-electron chi connectivity index (χ1n) is 8.26. The maximum atomic E-state index is 12.0. The van der Waals surface area contributed by atoms with Crippen molar-refractivity contribution in [1.82, 2.24) is 4.90 Å². The third-order valence-electron chi connectivity index (χ3n) is 3.19. The first-order chi connectivity index (χ1) is 12.2. The number of benzene rings is 1. The van der Waals surface area contributed by atoms with Gasteiger partial charge in [0.15, 0.2) is 5.78 Å². The van der Waals surface area contributed by atoms with Crippen LogP contribution in [0, 0.1) is 0 Å². The fourth-order valence-electron chi connectivity index (χ4n) is 1.98. The van der Waals surface area contributed by atoms with Crippen LogP contribution in [0.25, 0.3) is 0 Å². The van der Waals surface area contributed by atoms with Crippen LogP contribution in [0.3, 0.4) is 0 Å². The first kappa shape index (κ1) is 20.2. The van der Waals surface area contributed by atoms with E-state index >= 15 is 0 Å². The molecule has 0 saturated heterocycles. The number of hydrogen-bond donors (Lipinski definition) is 0. The highest BCUT2D eigenvalue weighted by molar-refractivity contribution is 5.98. The van der Waals surface area contributed by atoms with Crippen LogP contribution in [-0.2, 0) is 0 Å². The zero-order valence-corrected chi connectivity index (χ0v) is 15.0. The molecule has 1 aromatic rings. The topological polar surface area (TPSA) is 41.9 Å². The number of allylic oxidation sites excluding steroid dienone is 6. The van der Waals surface area contributed by atoms with Gasteiger partial charge in [-0.25, -0.2) is 0 Å². The van der Waals surface area contributed by atoms with Crippen LogP contribution in [0.2, 0.25) is 0 Å². The molecule has 0 spiro atoms. The molecule has 4 heteroatoms. The number of ketones is 1. The number of carbonyl (C=O) groups is 1. The van der Waals surface area contributed by atoms with E-state index in [1.807, 2.05) is 19.1 Å². The van der Waals surface area contributed by atoms with Gasteiger partial charge in [0.05, 0.1) is 19.5 Å². The summed E-state index contributed by atoms with van der Waals surface area (Å²) >= 11 is 0. The van der Waals surface area contributed by atoms with Crippen molar-refractivity contribution >= 4 is 12.1 Å². The molecular formula is C21H26N2O2. The highest BCUT2D eigenvalue weighted by atomic mass is 16.5. The maximum absolute atomic E-state index is 12.0. The lowest BCUT2D eigenvalue weighted by atomic mass is 10.1. The Hall–Kier alpha value is -2.88. The Morgan fingerprint density at radius 1 is 1.20 bits per heavy atom. The van der Waals surface area contributed by atoms with Crippen LogP contribution >= 0.6 is 0 Å². The third-order valence-corrected chi connectivity index (χ3v) is 3.19. The van der Waals surface area contributed by atoms with Crippen molar-refractivity contribution in [3.8, 4) is 5.75 Å². The second-order valence-corrected chi connectivity index (χ2v) is 5.09. The fourth-order valence-corrected chi connectivity index (χ4v) is 1.98. The first-order valence-corrected chi connectivity index (χ1v) is 8.26. The average Bonchev–Trinajstić information content (AvgIpc) is 2.95. The van der Waals surface area contributed by atoms with Crippen LogP contribution in [0.1, 0.15) is 23.7 Å². The minimum absolute atomic E-state index is 0.0119. The van der Waals surface area contributed by atoms with E-state index in [0.29, 0.717) is 12.2 Å². The summed E-state index contributed by atoms with van der Waals surface area (Å²) < 4.78 is 5.32. The number of carbonyl (C=O) groups excluding carboxylic acids is 1. The van der Waals surface area contributed by atoms with Crippen molar-refractivity contribution in [3.05, 3.63) is 79.1 Å². The Kier molecular flexibility index (Phi) is 10.1. The standard InChI is InChI=1S/C14H18N2O2.C7H8/c1-4-16(11-15-3)10-14(17)12-6-8-13(9-7-12)18-5-2;1-2-4-6-7-5-3-1/h4,6-9,11H,1,5,10H2,2-3H3;1-6H,7H2. The van der Waals surface area contributed by atoms with Gasteiger partial charge in [0, 0.05) is 12.6 Å². The molecule has 0 saturated carbocycles. The van der Waals surface area contributed by atoms with Gasteiger partial charge in [0.1, 0.15) is 5.75 Å². The van der Waals surface area contributed by atoms with Gasteiger partial charge < -0.3 is 9.64 Å². The van der Waals surface area contributed by atoms with Crippen LogP contribution < -0.4 is 4.74 Å². The number of hydrogen-bond acceptors (Lipinski definition) is 3. The lowest BCUT2D eigenvalue weighted by Gasteiger charge is -2.12. The molecule has 1 aromatic carbocycles. The molecule has 132 valence electrons. The molecule has 0 aliphatic heterocycles. The summed E-state index contributed by atoms with van der Waals surface area (Å²) in [7, 11) is 1.65. The monoisotopic (exact) mass is 338 g/mol. The highest BCUT2D eigenvalue weighted by Crippen LogP contribution is 2.12. The van der Waals surface area contributed by atoms with Gasteiger partial charge in [-0.3, -0.25) is 9.79 Å². The smallest absolute Gasteiger partial charge is 0.182 e. The lowest BCUT2D eigenvalue weighted by molar-refractivity contribution is 0.0976. The van der Waals surface area contributed by atoms with Gasteiger partial charge in [-0.2, -0.15) is 0 Å². The second kappa shape index (κ2) is 12.5. The summed E-state index contributed by atoms with van der Waals surface area (Å²) in [6.45, 7) is 6.40. The van der Waals surface area contributed by atoms with Gasteiger partial charge in [0.25, 0.3) is 0 Å². The molecule has 0 radical (unpaired) electrons. The van der Waals surface area contributed by atoms with Gasteiger partial charge in [-0.15, -0.1) is 0 Å². The molecule has 0 heterocycles. The van der Waals surface area contributed by atoms with Crippen molar-refractivity contribution < 1.29 is 9.53 Å². The normalized spacial score (nSPS) is 12.2. The lowest BCUT2D eigenvalue weighted by Crippen LogP contribution is -2.23.